The number of anilines is 1. The van der Waals surface area contributed by atoms with Crippen LogP contribution in [0.15, 0.2) is 42.6 Å². The number of rotatable bonds is 9. The maximum absolute atomic E-state index is 11.1. The summed E-state index contributed by atoms with van der Waals surface area (Å²) in [4.78, 5) is 17.8. The van der Waals surface area contributed by atoms with Gasteiger partial charge in [-0.25, -0.2) is 4.98 Å². The van der Waals surface area contributed by atoms with Gasteiger partial charge in [-0.15, -0.1) is 0 Å². The summed E-state index contributed by atoms with van der Waals surface area (Å²) in [5.41, 5.74) is 2.30. The number of aromatic nitrogens is 1. The lowest BCUT2D eigenvalue weighted by Crippen LogP contribution is -2.40. The zero-order valence-corrected chi connectivity index (χ0v) is 18.3. The van der Waals surface area contributed by atoms with Gasteiger partial charge in [0.1, 0.15) is 6.61 Å². The van der Waals surface area contributed by atoms with Gasteiger partial charge in [0.25, 0.3) is 5.88 Å². The Balaban J connectivity index is 1.27. The Hall–Kier alpha value is -2.80. The summed E-state index contributed by atoms with van der Waals surface area (Å²) in [5, 5.41) is 2.84. The van der Waals surface area contributed by atoms with E-state index in [1.807, 2.05) is 19.1 Å². The van der Waals surface area contributed by atoms with E-state index in [0.717, 1.165) is 37.4 Å². The van der Waals surface area contributed by atoms with Crippen LogP contribution in [0, 0.1) is 5.92 Å². The van der Waals surface area contributed by atoms with Crippen molar-refractivity contribution in [2.45, 2.75) is 45.4 Å². The number of nitrogens with zero attached hydrogens (tertiary/aromatic N) is 2. The molecule has 166 valence electrons. The van der Waals surface area contributed by atoms with Crippen molar-refractivity contribution in [2.75, 3.05) is 31.3 Å². The van der Waals surface area contributed by atoms with Gasteiger partial charge in [-0.05, 0) is 37.3 Å². The second-order valence-electron chi connectivity index (χ2n) is 8.43. The van der Waals surface area contributed by atoms with Crippen LogP contribution in [0.5, 0.6) is 11.6 Å². The molecule has 0 unspecified atom stereocenters. The zero-order chi connectivity index (χ0) is 21.6. The highest BCUT2D eigenvalue weighted by Gasteiger charge is 2.32. The third-order valence-corrected chi connectivity index (χ3v) is 5.70. The smallest absolute Gasteiger partial charge is 0.259 e. The summed E-state index contributed by atoms with van der Waals surface area (Å²) in [6.45, 7) is 6.90. The summed E-state index contributed by atoms with van der Waals surface area (Å²) in [6.07, 6.45) is 3.95. The monoisotopic (exact) mass is 425 g/mol. The summed E-state index contributed by atoms with van der Waals surface area (Å²) in [6, 6.07) is 12.5. The zero-order valence-electron chi connectivity index (χ0n) is 18.3. The van der Waals surface area contributed by atoms with Crippen LogP contribution < -0.4 is 19.7 Å². The van der Waals surface area contributed by atoms with E-state index in [4.69, 9.17) is 14.2 Å². The molecule has 2 aliphatic rings. The first-order chi connectivity index (χ1) is 15.1. The standard InChI is InChI=1S/C24H31N3O4/c1-17(26-18(2)28)15-30-21-12-20(13-21)16-31-24-23-22(8-9-25-24)27(10-11-29-23)14-19-6-4-3-5-7-19/h3-9,17,20-21H,10-16H2,1-2H3,(H,26,28)/t17-,20-,21-/m0/s1. The molecule has 0 radical (unpaired) electrons. The number of hydrogen-bond donors (Lipinski definition) is 1. The molecule has 7 nitrogen and oxygen atoms in total. The maximum atomic E-state index is 11.1. The van der Waals surface area contributed by atoms with Gasteiger partial charge in [-0.3, -0.25) is 4.79 Å². The van der Waals surface area contributed by atoms with Gasteiger partial charge in [-0.2, -0.15) is 0 Å². The minimum absolute atomic E-state index is 0.0285. The molecule has 1 aromatic heterocycles. The molecule has 1 amide bonds. The fourth-order valence-corrected chi connectivity index (χ4v) is 4.07. The Labute approximate surface area is 183 Å². The summed E-state index contributed by atoms with van der Waals surface area (Å²) < 4.78 is 17.9. The SMILES string of the molecule is CC(=O)N[C@@H](C)CO[C@H]1C[C@H](COc2nccc3c2OCCN3Cc2ccccc2)C1. The van der Waals surface area contributed by atoms with Crippen LogP contribution in [0.2, 0.25) is 0 Å². The van der Waals surface area contributed by atoms with Crippen molar-refractivity contribution >= 4 is 11.6 Å². The molecule has 1 atom stereocenters. The number of carbonyl (C=O) groups excluding carboxylic acids is 1. The van der Waals surface area contributed by atoms with Crippen LogP contribution in [0.1, 0.15) is 32.3 Å². The molecule has 2 aromatic rings. The van der Waals surface area contributed by atoms with Crippen molar-refractivity contribution < 1.29 is 19.0 Å². The third kappa shape index (κ3) is 5.67. The molecule has 1 aliphatic heterocycles. The highest BCUT2D eigenvalue weighted by atomic mass is 16.5. The Kier molecular flexibility index (Phi) is 6.92. The van der Waals surface area contributed by atoms with E-state index >= 15 is 0 Å². The molecular weight excluding hydrogens is 394 g/mol. The number of amides is 1. The Morgan fingerprint density at radius 3 is 2.87 bits per heavy atom. The van der Waals surface area contributed by atoms with E-state index in [1.54, 1.807) is 6.20 Å². The van der Waals surface area contributed by atoms with Crippen LogP contribution >= 0.6 is 0 Å². The third-order valence-electron chi connectivity index (χ3n) is 5.70. The quantitative estimate of drug-likeness (QED) is 0.665. The van der Waals surface area contributed by atoms with Gasteiger partial charge in [0, 0.05) is 25.7 Å². The number of benzene rings is 1. The molecule has 7 heteroatoms. The lowest BCUT2D eigenvalue weighted by molar-refractivity contribution is -0.120. The van der Waals surface area contributed by atoms with Gasteiger partial charge in [0.05, 0.1) is 31.5 Å². The number of ether oxygens (including phenoxy) is 3. The minimum Gasteiger partial charge on any atom is -0.484 e. The summed E-state index contributed by atoms with van der Waals surface area (Å²) in [7, 11) is 0. The number of carbonyl (C=O) groups is 1. The van der Waals surface area contributed by atoms with Crippen LogP contribution in [-0.2, 0) is 16.1 Å². The average Bonchev–Trinajstić information content (AvgIpc) is 2.73. The molecule has 1 aromatic carbocycles. The number of fused-ring (bicyclic) bond motifs is 1. The first kappa shape index (κ1) is 21.4. The Bertz CT molecular complexity index is 870. The molecule has 31 heavy (non-hydrogen) atoms. The molecule has 0 spiro atoms. The first-order valence-electron chi connectivity index (χ1n) is 11.0. The van der Waals surface area contributed by atoms with Crippen LogP contribution in [-0.4, -0.2) is 49.4 Å². The lowest BCUT2D eigenvalue weighted by atomic mass is 9.83. The fraction of sp³-hybridized carbons (Fsp3) is 0.500. The van der Waals surface area contributed by atoms with E-state index < -0.39 is 0 Å². The average molecular weight is 426 g/mol. The molecule has 0 bridgehead atoms. The van der Waals surface area contributed by atoms with E-state index in [9.17, 15) is 4.79 Å². The molecule has 1 saturated carbocycles. The maximum Gasteiger partial charge on any atom is 0.259 e. The molecule has 4 rings (SSSR count). The molecule has 1 N–H and O–H groups in total. The van der Waals surface area contributed by atoms with Crippen molar-refractivity contribution in [1.82, 2.24) is 10.3 Å². The van der Waals surface area contributed by atoms with Crippen LogP contribution in [0.3, 0.4) is 0 Å². The van der Waals surface area contributed by atoms with Crippen LogP contribution in [0.4, 0.5) is 5.69 Å². The first-order valence-corrected chi connectivity index (χ1v) is 11.0. The molecular formula is C24H31N3O4. The van der Waals surface area contributed by atoms with E-state index in [-0.39, 0.29) is 18.1 Å². The Morgan fingerprint density at radius 1 is 1.29 bits per heavy atom. The number of hydrogen-bond acceptors (Lipinski definition) is 6. The van der Waals surface area contributed by atoms with Gasteiger partial charge in [0.15, 0.2) is 0 Å². The normalized spacial score (nSPS) is 20.8. The van der Waals surface area contributed by atoms with Crippen molar-refractivity contribution in [3.63, 3.8) is 0 Å². The van der Waals surface area contributed by atoms with E-state index in [2.05, 4.69) is 39.5 Å². The predicted octanol–water partition coefficient (Wildman–Crippen LogP) is 3.18. The van der Waals surface area contributed by atoms with Crippen molar-refractivity contribution in [1.29, 1.82) is 0 Å². The van der Waals surface area contributed by atoms with Crippen molar-refractivity contribution in [3.8, 4) is 11.6 Å². The summed E-state index contributed by atoms with van der Waals surface area (Å²) in [5.74, 6) is 1.72. The molecule has 1 aliphatic carbocycles. The van der Waals surface area contributed by atoms with Gasteiger partial charge >= 0.3 is 0 Å². The number of nitrogens with one attached hydrogen (secondary N) is 1. The second kappa shape index (κ2) is 10.0. The van der Waals surface area contributed by atoms with Gasteiger partial charge in [0.2, 0.25) is 11.7 Å². The fourth-order valence-electron chi connectivity index (χ4n) is 4.07. The van der Waals surface area contributed by atoms with Gasteiger partial charge in [-0.1, -0.05) is 30.3 Å². The van der Waals surface area contributed by atoms with Gasteiger partial charge < -0.3 is 24.4 Å². The lowest BCUT2D eigenvalue weighted by Gasteiger charge is -2.36. The topological polar surface area (TPSA) is 72.9 Å². The summed E-state index contributed by atoms with van der Waals surface area (Å²) >= 11 is 0. The molecule has 1 fully saturated rings. The highest BCUT2D eigenvalue weighted by molar-refractivity contribution is 5.73. The van der Waals surface area contributed by atoms with E-state index in [0.29, 0.717) is 31.6 Å². The molecule has 2 heterocycles. The second-order valence-corrected chi connectivity index (χ2v) is 8.43. The van der Waals surface area contributed by atoms with Crippen molar-refractivity contribution in [3.05, 3.63) is 48.2 Å². The highest BCUT2D eigenvalue weighted by Crippen LogP contribution is 2.40. The largest absolute Gasteiger partial charge is 0.484 e. The molecule has 0 saturated heterocycles. The van der Waals surface area contributed by atoms with Crippen molar-refractivity contribution in [2.24, 2.45) is 5.92 Å². The van der Waals surface area contributed by atoms with Crippen LogP contribution in [0.25, 0.3) is 0 Å². The number of pyridine rings is 1. The predicted molar refractivity (Wildman–Crippen MR) is 118 cm³/mol. The van der Waals surface area contributed by atoms with E-state index in [1.165, 1.54) is 12.5 Å². The Morgan fingerprint density at radius 2 is 2.10 bits per heavy atom. The minimum atomic E-state index is -0.0285.